The third kappa shape index (κ3) is 4.81. The Kier molecular flexibility index (Phi) is 6.67. The lowest BCUT2D eigenvalue weighted by molar-refractivity contribution is -0.899. The smallest absolute Gasteiger partial charge is 0.203 e. The Balaban J connectivity index is 1.80. The molecule has 0 aromatic heterocycles. The second-order valence-corrected chi connectivity index (χ2v) is 5.61. The molecule has 1 saturated heterocycles. The van der Waals surface area contributed by atoms with Crippen molar-refractivity contribution in [3.05, 3.63) is 18.2 Å². The summed E-state index contributed by atoms with van der Waals surface area (Å²) in [5.41, 5.74) is 0. The first kappa shape index (κ1) is 16.0. The molecule has 0 amide bonds. The average Bonchev–Trinajstić information content (AvgIpc) is 2.80. The maximum absolute atomic E-state index is 5.91. The van der Waals surface area contributed by atoms with E-state index in [4.69, 9.17) is 14.2 Å². The summed E-state index contributed by atoms with van der Waals surface area (Å²) < 4.78 is 16.6. The average molecular weight is 294 g/mol. The number of rotatable bonds is 7. The Morgan fingerprint density at radius 1 is 0.952 bits per heavy atom. The normalized spacial score (nSPS) is 16.3. The fraction of sp³-hybridized carbons (Fsp3) is 0.647. The highest BCUT2D eigenvalue weighted by Crippen LogP contribution is 2.36. The van der Waals surface area contributed by atoms with Gasteiger partial charge in [0.1, 0.15) is 0 Å². The zero-order chi connectivity index (χ0) is 14.9. The maximum atomic E-state index is 5.91. The second-order valence-electron chi connectivity index (χ2n) is 5.61. The minimum atomic E-state index is 0.709. The van der Waals surface area contributed by atoms with Crippen LogP contribution in [0.15, 0.2) is 18.2 Å². The van der Waals surface area contributed by atoms with Crippen molar-refractivity contribution < 1.29 is 19.1 Å². The molecule has 1 aromatic carbocycles. The minimum absolute atomic E-state index is 0.709. The Labute approximate surface area is 128 Å². The van der Waals surface area contributed by atoms with Crippen molar-refractivity contribution in [2.24, 2.45) is 0 Å². The maximum Gasteiger partial charge on any atom is 0.203 e. The van der Waals surface area contributed by atoms with Crippen molar-refractivity contribution in [1.29, 1.82) is 0 Å². The number of hydrogen-bond donors (Lipinski definition) is 1. The molecule has 0 atom stereocenters. The van der Waals surface area contributed by atoms with Crippen LogP contribution in [-0.4, -0.2) is 40.5 Å². The van der Waals surface area contributed by atoms with Gasteiger partial charge in [-0.15, -0.1) is 0 Å². The molecule has 21 heavy (non-hydrogen) atoms. The third-order valence-electron chi connectivity index (χ3n) is 4.11. The van der Waals surface area contributed by atoms with Crippen molar-refractivity contribution in [2.75, 3.05) is 40.5 Å². The van der Waals surface area contributed by atoms with E-state index in [1.54, 1.807) is 19.1 Å². The molecule has 4 nitrogen and oxygen atoms in total. The lowest BCUT2D eigenvalue weighted by atomic mass is 10.2. The molecular formula is C17H28NO3+. The van der Waals surface area contributed by atoms with E-state index in [9.17, 15) is 0 Å². The van der Waals surface area contributed by atoms with E-state index in [0.717, 1.165) is 17.9 Å². The molecule has 4 heteroatoms. The number of nitrogens with one attached hydrogen (secondary N) is 1. The van der Waals surface area contributed by atoms with Crippen molar-refractivity contribution in [1.82, 2.24) is 0 Å². The fourth-order valence-electron chi connectivity index (χ4n) is 2.93. The van der Waals surface area contributed by atoms with E-state index in [1.807, 2.05) is 18.2 Å². The summed E-state index contributed by atoms with van der Waals surface area (Å²) in [6, 6.07) is 5.71. The molecule has 0 saturated carbocycles. The highest BCUT2D eigenvalue weighted by molar-refractivity contribution is 5.51. The van der Waals surface area contributed by atoms with Crippen molar-refractivity contribution in [3.63, 3.8) is 0 Å². The van der Waals surface area contributed by atoms with Crippen LogP contribution in [0.2, 0.25) is 0 Å². The van der Waals surface area contributed by atoms with Gasteiger partial charge in [0, 0.05) is 6.42 Å². The largest absolute Gasteiger partial charge is 0.493 e. The molecule has 0 aliphatic carbocycles. The molecule has 2 rings (SSSR count). The number of methoxy groups -OCH3 is 2. The van der Waals surface area contributed by atoms with Gasteiger partial charge in [-0.1, -0.05) is 6.07 Å². The van der Waals surface area contributed by atoms with E-state index >= 15 is 0 Å². The van der Waals surface area contributed by atoms with Crippen LogP contribution < -0.4 is 19.1 Å². The fourth-order valence-corrected chi connectivity index (χ4v) is 2.93. The quantitative estimate of drug-likeness (QED) is 0.780. The summed E-state index contributed by atoms with van der Waals surface area (Å²) in [5, 5.41) is 0. The number of para-hydroxylation sites is 1. The van der Waals surface area contributed by atoms with Gasteiger partial charge in [-0.25, -0.2) is 0 Å². The van der Waals surface area contributed by atoms with Crippen molar-refractivity contribution in [2.45, 2.75) is 32.1 Å². The van der Waals surface area contributed by atoms with Crippen LogP contribution in [0.5, 0.6) is 17.2 Å². The molecule has 1 aliphatic heterocycles. The molecule has 1 N–H and O–H groups in total. The van der Waals surface area contributed by atoms with E-state index in [-0.39, 0.29) is 0 Å². The molecule has 0 unspecified atom stereocenters. The Bertz CT molecular complexity index is 392. The van der Waals surface area contributed by atoms with Crippen LogP contribution in [0.3, 0.4) is 0 Å². The van der Waals surface area contributed by atoms with Gasteiger partial charge in [0.2, 0.25) is 5.75 Å². The molecule has 0 radical (unpaired) electrons. The van der Waals surface area contributed by atoms with Gasteiger partial charge in [0.15, 0.2) is 11.5 Å². The van der Waals surface area contributed by atoms with Crippen molar-refractivity contribution >= 4 is 0 Å². The predicted octanol–water partition coefficient (Wildman–Crippen LogP) is 1.93. The van der Waals surface area contributed by atoms with E-state index in [2.05, 4.69) is 0 Å². The number of ether oxygens (including phenoxy) is 3. The summed E-state index contributed by atoms with van der Waals surface area (Å²) in [7, 11) is 3.31. The van der Waals surface area contributed by atoms with Crippen LogP contribution in [0.25, 0.3) is 0 Å². The first-order valence-corrected chi connectivity index (χ1v) is 8.02. The number of likely N-dealkylation sites (tertiary alicyclic amines) is 1. The third-order valence-corrected chi connectivity index (χ3v) is 4.11. The number of hydrogen-bond acceptors (Lipinski definition) is 3. The summed E-state index contributed by atoms with van der Waals surface area (Å²) >= 11 is 0. The molecule has 1 fully saturated rings. The Morgan fingerprint density at radius 2 is 1.57 bits per heavy atom. The van der Waals surface area contributed by atoms with Gasteiger partial charge >= 0.3 is 0 Å². The lowest BCUT2D eigenvalue weighted by Crippen LogP contribution is -3.11. The van der Waals surface area contributed by atoms with Gasteiger partial charge in [0.25, 0.3) is 0 Å². The lowest BCUT2D eigenvalue weighted by Gasteiger charge is -2.18. The molecular weight excluding hydrogens is 266 g/mol. The minimum Gasteiger partial charge on any atom is -0.493 e. The summed E-state index contributed by atoms with van der Waals surface area (Å²) in [4.78, 5) is 1.73. The Hall–Kier alpha value is -1.42. The second kappa shape index (κ2) is 8.78. The highest BCUT2D eigenvalue weighted by Gasteiger charge is 2.13. The molecule has 0 spiro atoms. The van der Waals surface area contributed by atoms with Gasteiger partial charge in [-0.2, -0.15) is 0 Å². The van der Waals surface area contributed by atoms with Crippen LogP contribution >= 0.6 is 0 Å². The van der Waals surface area contributed by atoms with Gasteiger partial charge in [0.05, 0.1) is 40.5 Å². The summed E-state index contributed by atoms with van der Waals surface area (Å²) in [5.74, 6) is 2.18. The van der Waals surface area contributed by atoms with Crippen molar-refractivity contribution in [3.8, 4) is 17.2 Å². The molecule has 1 heterocycles. The molecule has 1 aromatic rings. The molecule has 1 aliphatic rings. The molecule has 118 valence electrons. The van der Waals surface area contributed by atoms with Gasteiger partial charge in [-0.05, 0) is 37.8 Å². The standard InChI is InChI=1S/C17H27NO3/c1-19-15-9-7-10-16(20-2)17(15)21-14-8-13-18-11-5-3-4-6-12-18/h7,9-10H,3-6,8,11-14H2,1-2H3/p+1. The van der Waals surface area contributed by atoms with Crippen LogP contribution in [0, 0.1) is 0 Å². The van der Waals surface area contributed by atoms with Crippen LogP contribution in [0.1, 0.15) is 32.1 Å². The zero-order valence-corrected chi connectivity index (χ0v) is 13.3. The first-order chi connectivity index (χ1) is 10.3. The highest BCUT2D eigenvalue weighted by atomic mass is 16.5. The van der Waals surface area contributed by atoms with Gasteiger partial charge < -0.3 is 19.1 Å². The van der Waals surface area contributed by atoms with E-state index < -0.39 is 0 Å². The number of quaternary nitrogens is 1. The van der Waals surface area contributed by atoms with E-state index in [1.165, 1.54) is 45.3 Å². The monoisotopic (exact) mass is 294 g/mol. The predicted molar refractivity (Wildman–Crippen MR) is 83.7 cm³/mol. The van der Waals surface area contributed by atoms with Crippen LogP contribution in [0.4, 0.5) is 0 Å². The zero-order valence-electron chi connectivity index (χ0n) is 13.3. The topological polar surface area (TPSA) is 32.1 Å². The SMILES string of the molecule is COc1cccc(OC)c1OCCC[NH+]1CCCCCC1. The van der Waals surface area contributed by atoms with E-state index in [0.29, 0.717) is 12.4 Å². The first-order valence-electron chi connectivity index (χ1n) is 8.02. The Morgan fingerprint density at radius 3 is 2.14 bits per heavy atom. The summed E-state index contributed by atoms with van der Waals surface area (Å²) in [6.45, 7) is 4.54. The summed E-state index contributed by atoms with van der Waals surface area (Å²) in [6.07, 6.45) is 6.61. The molecule has 0 bridgehead atoms. The van der Waals surface area contributed by atoms with Crippen LogP contribution in [-0.2, 0) is 0 Å². The van der Waals surface area contributed by atoms with Gasteiger partial charge in [-0.3, -0.25) is 0 Å². The number of benzene rings is 1.